The van der Waals surface area contributed by atoms with Crippen molar-refractivity contribution in [2.24, 2.45) is 0 Å². The van der Waals surface area contributed by atoms with Crippen molar-refractivity contribution in [2.75, 3.05) is 6.54 Å². The van der Waals surface area contributed by atoms with Crippen LogP contribution < -0.4 is 10.6 Å². The van der Waals surface area contributed by atoms with E-state index in [0.29, 0.717) is 6.54 Å². The van der Waals surface area contributed by atoms with Crippen LogP contribution in [0, 0.1) is 0 Å². The Bertz CT molecular complexity index is 218. The molecule has 15 heavy (non-hydrogen) atoms. The third-order valence-electron chi connectivity index (χ3n) is 1.85. The van der Waals surface area contributed by atoms with E-state index in [9.17, 15) is 9.59 Å². The van der Waals surface area contributed by atoms with Gasteiger partial charge >= 0.3 is 12.0 Å². The Morgan fingerprint density at radius 2 is 2.00 bits per heavy atom. The summed E-state index contributed by atoms with van der Waals surface area (Å²) >= 11 is 0. The summed E-state index contributed by atoms with van der Waals surface area (Å²) in [5, 5.41) is 22.4. The average molecular weight is 218 g/mol. The fourth-order valence-electron chi connectivity index (χ4n) is 0.960. The van der Waals surface area contributed by atoms with E-state index in [-0.39, 0.29) is 0 Å². The molecule has 0 aromatic heterocycles. The van der Waals surface area contributed by atoms with Crippen LogP contribution in [-0.4, -0.2) is 40.9 Å². The lowest BCUT2D eigenvalue weighted by Gasteiger charge is -2.17. The number of aliphatic hydroxyl groups excluding tert-OH is 1. The van der Waals surface area contributed by atoms with E-state index in [1.165, 1.54) is 6.92 Å². The van der Waals surface area contributed by atoms with Gasteiger partial charge in [0.05, 0.1) is 6.10 Å². The number of hydrogen-bond acceptors (Lipinski definition) is 3. The van der Waals surface area contributed by atoms with Gasteiger partial charge in [0.1, 0.15) is 0 Å². The molecule has 4 N–H and O–H groups in total. The highest BCUT2D eigenvalue weighted by atomic mass is 16.4. The second kappa shape index (κ2) is 7.05. The summed E-state index contributed by atoms with van der Waals surface area (Å²) in [6, 6.07) is -1.84. The van der Waals surface area contributed by atoms with Crippen LogP contribution in [0.25, 0.3) is 0 Å². The molecule has 2 atom stereocenters. The molecule has 0 bridgehead atoms. The molecule has 6 nitrogen and oxygen atoms in total. The molecule has 0 aromatic rings. The Labute approximate surface area is 88.7 Å². The molecule has 0 spiro atoms. The molecule has 0 rings (SSSR count). The minimum atomic E-state index is -1.27. The van der Waals surface area contributed by atoms with E-state index in [2.05, 4.69) is 10.6 Å². The number of aliphatic carboxylic acids is 1. The van der Waals surface area contributed by atoms with Gasteiger partial charge in [-0.15, -0.1) is 0 Å². The number of hydrogen-bond donors (Lipinski definition) is 4. The standard InChI is InChI=1S/C9H18N2O4/c1-3-4-5-10-9(15)11-7(6(2)12)8(13)14/h6-7,12H,3-5H2,1-2H3,(H,13,14)(H2,10,11,15)/t6-,7+/m1/s1. The molecule has 0 saturated heterocycles. The number of carboxylic acids is 1. The molecule has 6 heteroatoms. The number of nitrogens with one attached hydrogen (secondary N) is 2. The van der Waals surface area contributed by atoms with Crippen molar-refractivity contribution in [1.82, 2.24) is 10.6 Å². The molecular formula is C9H18N2O4. The Balaban J connectivity index is 3.95. The number of rotatable bonds is 6. The lowest BCUT2D eigenvalue weighted by Crippen LogP contribution is -2.51. The van der Waals surface area contributed by atoms with Gasteiger partial charge in [-0.05, 0) is 13.3 Å². The van der Waals surface area contributed by atoms with Gasteiger partial charge in [-0.25, -0.2) is 9.59 Å². The fourth-order valence-corrected chi connectivity index (χ4v) is 0.960. The number of carboxylic acid groups (broad SMARTS) is 1. The topological polar surface area (TPSA) is 98.7 Å². The van der Waals surface area contributed by atoms with Crippen LogP contribution >= 0.6 is 0 Å². The predicted octanol–water partition coefficient (Wildman–Crippen LogP) is -0.0803. The maximum atomic E-state index is 11.1. The molecule has 0 aliphatic carbocycles. The molecule has 0 fully saturated rings. The second-order valence-electron chi connectivity index (χ2n) is 3.31. The van der Waals surface area contributed by atoms with Gasteiger partial charge in [0.2, 0.25) is 0 Å². The van der Waals surface area contributed by atoms with Crippen molar-refractivity contribution in [2.45, 2.75) is 38.8 Å². The van der Waals surface area contributed by atoms with Crippen molar-refractivity contribution in [3.8, 4) is 0 Å². The van der Waals surface area contributed by atoms with E-state index in [4.69, 9.17) is 10.2 Å². The highest BCUT2D eigenvalue weighted by Crippen LogP contribution is 1.92. The first kappa shape index (κ1) is 13.7. The Hall–Kier alpha value is -1.30. The Morgan fingerprint density at radius 1 is 1.40 bits per heavy atom. The van der Waals surface area contributed by atoms with E-state index in [0.717, 1.165) is 12.8 Å². The molecule has 0 aromatic carbocycles. The smallest absolute Gasteiger partial charge is 0.328 e. The fraction of sp³-hybridized carbons (Fsp3) is 0.778. The largest absolute Gasteiger partial charge is 0.480 e. The first-order chi connectivity index (χ1) is 6.99. The summed E-state index contributed by atoms with van der Waals surface area (Å²) in [6.45, 7) is 3.79. The SMILES string of the molecule is CCCCNC(=O)N[C@H](C(=O)O)[C@@H](C)O. The molecule has 0 heterocycles. The van der Waals surface area contributed by atoms with E-state index >= 15 is 0 Å². The van der Waals surface area contributed by atoms with Gasteiger partial charge in [0, 0.05) is 6.54 Å². The molecule has 0 aliphatic heterocycles. The van der Waals surface area contributed by atoms with Gasteiger partial charge in [-0.3, -0.25) is 0 Å². The highest BCUT2D eigenvalue weighted by Gasteiger charge is 2.24. The van der Waals surface area contributed by atoms with Crippen LogP contribution in [0.2, 0.25) is 0 Å². The normalized spacial score (nSPS) is 14.1. The van der Waals surface area contributed by atoms with Crippen LogP contribution in [0.1, 0.15) is 26.7 Å². The minimum Gasteiger partial charge on any atom is -0.480 e. The molecule has 0 unspecified atom stereocenters. The van der Waals surface area contributed by atoms with E-state index in [1.54, 1.807) is 0 Å². The van der Waals surface area contributed by atoms with Crippen molar-refractivity contribution in [3.63, 3.8) is 0 Å². The highest BCUT2D eigenvalue weighted by molar-refractivity contribution is 5.82. The lowest BCUT2D eigenvalue weighted by molar-refractivity contribution is -0.141. The first-order valence-corrected chi connectivity index (χ1v) is 4.94. The van der Waals surface area contributed by atoms with Crippen LogP contribution in [0.5, 0.6) is 0 Å². The van der Waals surface area contributed by atoms with Crippen LogP contribution in [0.3, 0.4) is 0 Å². The summed E-state index contributed by atoms with van der Waals surface area (Å²) in [6.07, 6.45) is 0.651. The number of aliphatic hydroxyl groups is 1. The Kier molecular flexibility index (Phi) is 6.44. The number of urea groups is 1. The average Bonchev–Trinajstić information content (AvgIpc) is 2.13. The van der Waals surface area contributed by atoms with Crippen molar-refractivity contribution >= 4 is 12.0 Å². The molecule has 88 valence electrons. The number of amides is 2. The summed E-state index contributed by atoms with van der Waals surface area (Å²) in [5.41, 5.74) is 0. The first-order valence-electron chi connectivity index (χ1n) is 4.94. The van der Waals surface area contributed by atoms with Gasteiger partial charge < -0.3 is 20.8 Å². The van der Waals surface area contributed by atoms with E-state index in [1.807, 2.05) is 6.92 Å². The van der Waals surface area contributed by atoms with Gasteiger partial charge in [-0.1, -0.05) is 13.3 Å². The third-order valence-corrected chi connectivity index (χ3v) is 1.85. The zero-order chi connectivity index (χ0) is 11.8. The third kappa shape index (κ3) is 5.90. The zero-order valence-electron chi connectivity index (χ0n) is 8.99. The van der Waals surface area contributed by atoms with Crippen LogP contribution in [-0.2, 0) is 4.79 Å². The molecule has 0 aliphatic rings. The van der Waals surface area contributed by atoms with Crippen molar-refractivity contribution < 1.29 is 19.8 Å². The van der Waals surface area contributed by atoms with Gasteiger partial charge in [-0.2, -0.15) is 0 Å². The van der Waals surface area contributed by atoms with Gasteiger partial charge in [0.15, 0.2) is 6.04 Å². The monoisotopic (exact) mass is 218 g/mol. The number of carbonyl (C=O) groups excluding carboxylic acids is 1. The Morgan fingerprint density at radius 3 is 2.40 bits per heavy atom. The maximum absolute atomic E-state index is 11.1. The summed E-state index contributed by atoms with van der Waals surface area (Å²) < 4.78 is 0. The van der Waals surface area contributed by atoms with Crippen LogP contribution in [0.4, 0.5) is 4.79 Å². The lowest BCUT2D eigenvalue weighted by atomic mass is 10.2. The molecule has 0 saturated carbocycles. The summed E-state index contributed by atoms with van der Waals surface area (Å²) in [5.74, 6) is -1.25. The van der Waals surface area contributed by atoms with Crippen molar-refractivity contribution in [1.29, 1.82) is 0 Å². The summed E-state index contributed by atoms with van der Waals surface area (Å²) in [4.78, 5) is 21.7. The molecule has 0 radical (unpaired) electrons. The number of carbonyl (C=O) groups is 2. The second-order valence-corrected chi connectivity index (χ2v) is 3.31. The minimum absolute atomic E-state index is 0.495. The molecular weight excluding hydrogens is 200 g/mol. The number of unbranched alkanes of at least 4 members (excludes halogenated alkanes) is 1. The quantitative estimate of drug-likeness (QED) is 0.468. The molecule has 2 amide bonds. The zero-order valence-corrected chi connectivity index (χ0v) is 8.99. The van der Waals surface area contributed by atoms with Crippen LogP contribution in [0.15, 0.2) is 0 Å². The maximum Gasteiger partial charge on any atom is 0.328 e. The van der Waals surface area contributed by atoms with E-state index < -0.39 is 24.1 Å². The summed E-state index contributed by atoms with van der Waals surface area (Å²) in [7, 11) is 0. The van der Waals surface area contributed by atoms with Gasteiger partial charge in [0.25, 0.3) is 0 Å². The van der Waals surface area contributed by atoms with Crippen molar-refractivity contribution in [3.05, 3.63) is 0 Å². The predicted molar refractivity (Wildman–Crippen MR) is 54.5 cm³/mol.